The highest BCUT2D eigenvalue weighted by molar-refractivity contribution is 5.67. The fourth-order valence-corrected chi connectivity index (χ4v) is 5.29. The molecule has 1 aliphatic heterocycles. The van der Waals surface area contributed by atoms with Crippen molar-refractivity contribution in [1.29, 1.82) is 0 Å². The molecular weight excluding hydrogens is 454 g/mol. The number of carboxylic acids is 1. The minimum Gasteiger partial charge on any atom is -0.481 e. The van der Waals surface area contributed by atoms with Crippen molar-refractivity contribution in [3.63, 3.8) is 0 Å². The van der Waals surface area contributed by atoms with Crippen LogP contribution < -0.4 is 0 Å². The molecule has 0 radical (unpaired) electrons. The molecule has 0 fully saturated rings. The maximum atomic E-state index is 11.1. The zero-order chi connectivity index (χ0) is 26.3. The van der Waals surface area contributed by atoms with Gasteiger partial charge >= 0.3 is 5.97 Å². The van der Waals surface area contributed by atoms with Crippen LogP contribution >= 0.6 is 0 Å². The first-order valence-electron chi connectivity index (χ1n) is 14.7. The molecule has 2 rings (SSSR count). The highest BCUT2D eigenvalue weighted by Gasteiger charge is 2.38. The fourth-order valence-electron chi connectivity index (χ4n) is 5.29. The van der Waals surface area contributed by atoms with Crippen LogP contribution in [0.25, 0.3) is 0 Å². The Kier molecular flexibility index (Phi) is 14.0. The van der Waals surface area contributed by atoms with Crippen molar-refractivity contribution in [2.24, 2.45) is 0 Å². The van der Waals surface area contributed by atoms with Gasteiger partial charge in [-0.05, 0) is 33.6 Å². The summed E-state index contributed by atoms with van der Waals surface area (Å²) in [6.07, 6.45) is 20.5. The number of carboxylic acid groups (broad SMARTS) is 1. The molecule has 1 aromatic rings. The molecule has 7 heteroatoms. The lowest BCUT2D eigenvalue weighted by atomic mass is 9.93. The van der Waals surface area contributed by atoms with E-state index in [9.17, 15) is 4.79 Å². The summed E-state index contributed by atoms with van der Waals surface area (Å²) in [5.41, 5.74) is 0.905. The van der Waals surface area contributed by atoms with Crippen molar-refractivity contribution >= 4 is 5.97 Å². The van der Waals surface area contributed by atoms with Crippen LogP contribution in [0.15, 0.2) is 0 Å². The molecule has 7 nitrogen and oxygen atoms in total. The van der Waals surface area contributed by atoms with E-state index < -0.39 is 17.2 Å². The number of nitrogens with zero attached hydrogens (tertiary/aromatic N) is 3. The molecule has 1 unspecified atom stereocenters. The number of aromatic nitrogens is 3. The van der Waals surface area contributed by atoms with Crippen molar-refractivity contribution in [2.75, 3.05) is 13.2 Å². The summed E-state index contributed by atoms with van der Waals surface area (Å²) in [7, 11) is 0. The summed E-state index contributed by atoms with van der Waals surface area (Å²) in [5, 5.41) is 18.0. The third-order valence-electron chi connectivity index (χ3n) is 7.45. The quantitative estimate of drug-likeness (QED) is 0.177. The number of aliphatic carboxylic acids is 1. The monoisotopic (exact) mass is 507 g/mol. The van der Waals surface area contributed by atoms with Crippen molar-refractivity contribution in [2.45, 2.75) is 155 Å². The Morgan fingerprint density at radius 2 is 1.56 bits per heavy atom. The van der Waals surface area contributed by atoms with Gasteiger partial charge in [-0.1, -0.05) is 95.6 Å². The Bertz CT molecular complexity index is 749. The van der Waals surface area contributed by atoms with Crippen LogP contribution in [0, 0.1) is 0 Å². The zero-order valence-electron chi connectivity index (χ0n) is 23.7. The topological polar surface area (TPSA) is 86.5 Å². The highest BCUT2D eigenvalue weighted by atomic mass is 16.5. The lowest BCUT2D eigenvalue weighted by molar-refractivity contribution is -0.145. The highest BCUT2D eigenvalue weighted by Crippen LogP contribution is 2.35. The van der Waals surface area contributed by atoms with Gasteiger partial charge in [-0.2, -0.15) is 0 Å². The first-order valence-corrected chi connectivity index (χ1v) is 14.7. The van der Waals surface area contributed by atoms with E-state index >= 15 is 0 Å². The van der Waals surface area contributed by atoms with Gasteiger partial charge in [-0.25, -0.2) is 4.68 Å². The van der Waals surface area contributed by atoms with Gasteiger partial charge in [0.1, 0.15) is 5.60 Å². The summed E-state index contributed by atoms with van der Waals surface area (Å²) in [6.45, 7) is 9.76. The molecule has 1 aliphatic rings. The molecule has 0 saturated heterocycles. The molecule has 1 aromatic heterocycles. The predicted octanol–water partition coefficient (Wildman–Crippen LogP) is 7.21. The van der Waals surface area contributed by atoms with Crippen LogP contribution in [0.5, 0.6) is 0 Å². The molecular formula is C29H53N3O4. The molecule has 2 heterocycles. The summed E-state index contributed by atoms with van der Waals surface area (Å²) in [5.74, 6) is -0.849. The molecule has 0 saturated carbocycles. The average Bonchev–Trinajstić information content (AvgIpc) is 3.23. The normalized spacial score (nSPS) is 17.9. The summed E-state index contributed by atoms with van der Waals surface area (Å²) < 4.78 is 14.1. The van der Waals surface area contributed by atoms with E-state index in [1.54, 1.807) is 0 Å². The third kappa shape index (κ3) is 11.3. The molecule has 0 amide bonds. The van der Waals surface area contributed by atoms with E-state index in [1.807, 2.05) is 18.5 Å². The fraction of sp³-hybridized carbons (Fsp3) is 0.897. The van der Waals surface area contributed by atoms with Crippen LogP contribution in [0.4, 0.5) is 0 Å². The molecule has 0 bridgehead atoms. The Balaban J connectivity index is 1.64. The maximum Gasteiger partial charge on any atom is 0.306 e. The molecule has 0 aliphatic carbocycles. The number of unbranched alkanes of at least 4 members (excludes halogenated alkanes) is 13. The summed E-state index contributed by atoms with van der Waals surface area (Å²) in [6, 6.07) is 0. The largest absolute Gasteiger partial charge is 0.481 e. The lowest BCUT2D eigenvalue weighted by Gasteiger charge is -2.35. The first-order chi connectivity index (χ1) is 17.3. The van der Waals surface area contributed by atoms with Gasteiger partial charge in [0.05, 0.1) is 43.2 Å². The second kappa shape index (κ2) is 16.4. The first kappa shape index (κ1) is 30.8. The van der Waals surface area contributed by atoms with Crippen molar-refractivity contribution in [1.82, 2.24) is 15.0 Å². The molecule has 0 aromatic carbocycles. The smallest absolute Gasteiger partial charge is 0.306 e. The van der Waals surface area contributed by atoms with Gasteiger partial charge in [0, 0.05) is 6.42 Å². The van der Waals surface area contributed by atoms with Crippen LogP contribution in [0.2, 0.25) is 0 Å². The van der Waals surface area contributed by atoms with E-state index in [4.69, 9.17) is 14.6 Å². The molecule has 1 atom stereocenters. The second-order valence-electron chi connectivity index (χ2n) is 11.5. The molecule has 36 heavy (non-hydrogen) atoms. The van der Waals surface area contributed by atoms with Gasteiger partial charge in [-0.3, -0.25) is 4.79 Å². The Labute approximate surface area is 219 Å². The van der Waals surface area contributed by atoms with Crippen LogP contribution in [-0.2, 0) is 32.8 Å². The van der Waals surface area contributed by atoms with Gasteiger partial charge in [-0.15, -0.1) is 5.10 Å². The van der Waals surface area contributed by atoms with E-state index in [-0.39, 0.29) is 6.42 Å². The van der Waals surface area contributed by atoms with Gasteiger partial charge < -0.3 is 14.6 Å². The minimum absolute atomic E-state index is 0.0194. The van der Waals surface area contributed by atoms with E-state index in [0.29, 0.717) is 19.6 Å². The van der Waals surface area contributed by atoms with E-state index in [2.05, 4.69) is 24.2 Å². The van der Waals surface area contributed by atoms with Crippen LogP contribution in [0.1, 0.15) is 142 Å². The third-order valence-corrected chi connectivity index (χ3v) is 7.45. The molecule has 0 spiro atoms. The average molecular weight is 508 g/mol. The van der Waals surface area contributed by atoms with Crippen molar-refractivity contribution < 1.29 is 19.4 Å². The molecule has 1 N–H and O–H groups in total. The van der Waals surface area contributed by atoms with E-state index in [0.717, 1.165) is 30.8 Å². The number of ether oxygens (including phenoxy) is 2. The van der Waals surface area contributed by atoms with Crippen molar-refractivity contribution in [3.05, 3.63) is 11.4 Å². The van der Waals surface area contributed by atoms with Gasteiger partial charge in [0.15, 0.2) is 0 Å². The Morgan fingerprint density at radius 3 is 2.11 bits per heavy atom. The molecule has 208 valence electrons. The number of aryl methyl sites for hydroxylation is 1. The number of hydrogen-bond donors (Lipinski definition) is 1. The van der Waals surface area contributed by atoms with Crippen LogP contribution in [-0.4, -0.2) is 44.9 Å². The SMILES string of the molecule is CCCCCCCCCCCCCCCCc1nnn2c1C(C)(CCOC(C)(C)CC(=O)O)OCC2. The van der Waals surface area contributed by atoms with E-state index in [1.165, 1.54) is 83.5 Å². The standard InChI is InChI=1S/C29H53N3O4/c1-5-6-7-8-9-10-11-12-13-14-15-16-17-18-19-25-27-29(4,36-23-21-32(27)31-30-25)20-22-35-28(2,3)24-26(33)34/h5-24H2,1-4H3,(H,33,34). The number of rotatable bonds is 21. The van der Waals surface area contributed by atoms with Crippen LogP contribution in [0.3, 0.4) is 0 Å². The maximum absolute atomic E-state index is 11.1. The van der Waals surface area contributed by atoms with Gasteiger partial charge in [0.25, 0.3) is 0 Å². The number of carbonyl (C=O) groups is 1. The van der Waals surface area contributed by atoms with Gasteiger partial charge in [0.2, 0.25) is 0 Å². The zero-order valence-corrected chi connectivity index (χ0v) is 23.7. The predicted molar refractivity (Wildman–Crippen MR) is 144 cm³/mol. The summed E-state index contributed by atoms with van der Waals surface area (Å²) >= 11 is 0. The lowest BCUT2D eigenvalue weighted by Crippen LogP contribution is -2.39. The number of fused-ring (bicyclic) bond motifs is 1. The summed E-state index contributed by atoms with van der Waals surface area (Å²) in [4.78, 5) is 11.1. The Hall–Kier alpha value is -1.47. The Morgan fingerprint density at radius 1 is 1.00 bits per heavy atom. The second-order valence-corrected chi connectivity index (χ2v) is 11.5. The number of hydrogen-bond acceptors (Lipinski definition) is 5. The minimum atomic E-state index is -0.849. The van der Waals surface area contributed by atoms with Crippen molar-refractivity contribution in [3.8, 4) is 0 Å².